The molecule has 7 nitrogen and oxygen atoms in total. The van der Waals surface area contributed by atoms with Crippen LogP contribution in [-0.4, -0.2) is 26.3 Å². The van der Waals surface area contributed by atoms with Crippen LogP contribution in [0, 0.1) is 12.7 Å². The van der Waals surface area contributed by atoms with Gasteiger partial charge in [-0.25, -0.2) is 9.18 Å². The van der Waals surface area contributed by atoms with E-state index in [1.165, 1.54) is 24.3 Å². The lowest BCUT2D eigenvalue weighted by Crippen LogP contribution is -2.47. The van der Waals surface area contributed by atoms with E-state index < -0.39 is 23.0 Å². The van der Waals surface area contributed by atoms with Crippen molar-refractivity contribution >= 4 is 5.91 Å². The van der Waals surface area contributed by atoms with Gasteiger partial charge in [-0.3, -0.25) is 14.2 Å². The molecule has 3 rings (SSSR count). The van der Waals surface area contributed by atoms with Crippen LogP contribution in [0.25, 0.3) is 5.69 Å². The number of rotatable bonds is 6. The van der Waals surface area contributed by atoms with Crippen molar-refractivity contribution in [2.75, 3.05) is 0 Å². The van der Waals surface area contributed by atoms with Gasteiger partial charge >= 0.3 is 5.69 Å². The van der Waals surface area contributed by atoms with Gasteiger partial charge in [-0.1, -0.05) is 36.8 Å². The Balaban J connectivity index is 2.17. The van der Waals surface area contributed by atoms with E-state index >= 15 is 0 Å². The maximum Gasteiger partial charge on any atom is 0.352 e. The molecule has 1 N–H and O–H groups in total. The minimum atomic E-state index is -0.798. The van der Waals surface area contributed by atoms with Crippen molar-refractivity contribution < 1.29 is 9.18 Å². The standard InChI is InChI=1S/C22H23FN4O3/c1-4-15(3)24-20(28)19-21(29)26(13-16-7-9-17(23)10-8-16)22(30)27(25-19)18-11-5-14(2)6-12-18/h5-12,15H,4,13H2,1-3H3,(H,24,28)/t15-/m1/s1. The molecule has 2 aromatic carbocycles. The van der Waals surface area contributed by atoms with E-state index in [0.717, 1.165) is 14.8 Å². The first-order valence-corrected chi connectivity index (χ1v) is 9.66. The van der Waals surface area contributed by atoms with Gasteiger partial charge in [-0.15, -0.1) is 0 Å². The molecule has 0 aliphatic carbocycles. The van der Waals surface area contributed by atoms with E-state index in [0.29, 0.717) is 17.7 Å². The van der Waals surface area contributed by atoms with E-state index in [1.54, 1.807) is 24.3 Å². The van der Waals surface area contributed by atoms with Gasteiger partial charge < -0.3 is 5.32 Å². The summed E-state index contributed by atoms with van der Waals surface area (Å²) in [6, 6.07) is 12.3. The third-order valence-corrected chi connectivity index (χ3v) is 4.80. The molecule has 1 amide bonds. The predicted molar refractivity (Wildman–Crippen MR) is 112 cm³/mol. The summed E-state index contributed by atoms with van der Waals surface area (Å²) in [6.45, 7) is 5.50. The molecule has 156 valence electrons. The highest BCUT2D eigenvalue weighted by Gasteiger charge is 2.21. The number of halogens is 1. The topological polar surface area (TPSA) is 86.0 Å². The fourth-order valence-corrected chi connectivity index (χ4v) is 2.82. The Bertz CT molecular complexity index is 1160. The van der Waals surface area contributed by atoms with Crippen LogP contribution < -0.4 is 16.6 Å². The van der Waals surface area contributed by atoms with E-state index in [4.69, 9.17) is 0 Å². The van der Waals surface area contributed by atoms with E-state index in [1.807, 2.05) is 20.8 Å². The van der Waals surface area contributed by atoms with Crippen LogP contribution in [0.15, 0.2) is 58.1 Å². The molecule has 0 bridgehead atoms. The van der Waals surface area contributed by atoms with Crippen molar-refractivity contribution in [2.24, 2.45) is 0 Å². The summed E-state index contributed by atoms with van der Waals surface area (Å²) in [7, 11) is 0. The number of benzene rings is 2. The Morgan fingerprint density at radius 2 is 1.73 bits per heavy atom. The van der Waals surface area contributed by atoms with E-state index in [2.05, 4.69) is 10.4 Å². The average Bonchev–Trinajstić information content (AvgIpc) is 2.73. The molecule has 0 spiro atoms. The van der Waals surface area contributed by atoms with Gasteiger partial charge in [0.25, 0.3) is 11.5 Å². The van der Waals surface area contributed by atoms with Gasteiger partial charge in [-0.05, 0) is 50.1 Å². The first-order chi connectivity index (χ1) is 14.3. The van der Waals surface area contributed by atoms with Gasteiger partial charge in [0.1, 0.15) is 5.82 Å². The second-order valence-corrected chi connectivity index (χ2v) is 7.18. The Kier molecular flexibility index (Phi) is 6.25. The highest BCUT2D eigenvalue weighted by atomic mass is 19.1. The van der Waals surface area contributed by atoms with Crippen molar-refractivity contribution in [2.45, 2.75) is 39.8 Å². The normalized spacial score (nSPS) is 11.9. The number of amides is 1. The van der Waals surface area contributed by atoms with Crippen molar-refractivity contribution in [1.29, 1.82) is 0 Å². The lowest BCUT2D eigenvalue weighted by atomic mass is 10.2. The molecule has 1 aromatic heterocycles. The zero-order valence-electron chi connectivity index (χ0n) is 17.1. The first-order valence-electron chi connectivity index (χ1n) is 9.66. The molecule has 0 saturated heterocycles. The summed E-state index contributed by atoms with van der Waals surface area (Å²) in [6.07, 6.45) is 0.674. The second-order valence-electron chi connectivity index (χ2n) is 7.18. The smallest absolute Gasteiger partial charge is 0.348 e. The molecule has 0 radical (unpaired) electrons. The SMILES string of the molecule is CC[C@@H](C)NC(=O)c1nn(-c2ccc(C)cc2)c(=O)n(Cc2ccc(F)cc2)c1=O. The van der Waals surface area contributed by atoms with Gasteiger partial charge in [0.2, 0.25) is 5.69 Å². The molecule has 30 heavy (non-hydrogen) atoms. The summed E-state index contributed by atoms with van der Waals surface area (Å²) in [5.74, 6) is -1.07. The van der Waals surface area contributed by atoms with Crippen molar-refractivity contribution in [3.05, 3.63) is 92.0 Å². The summed E-state index contributed by atoms with van der Waals surface area (Å²) >= 11 is 0. The molecule has 0 saturated carbocycles. The molecule has 3 aromatic rings. The van der Waals surface area contributed by atoms with Crippen LogP contribution in [0.4, 0.5) is 4.39 Å². The molecule has 0 aliphatic rings. The third-order valence-electron chi connectivity index (χ3n) is 4.80. The number of carbonyl (C=O) groups excluding carboxylic acids is 1. The maximum atomic E-state index is 13.2. The Hall–Kier alpha value is -3.55. The van der Waals surface area contributed by atoms with Crippen LogP contribution in [0.2, 0.25) is 0 Å². The zero-order chi connectivity index (χ0) is 21.8. The molecular formula is C22H23FN4O3. The van der Waals surface area contributed by atoms with Crippen LogP contribution in [0.3, 0.4) is 0 Å². The van der Waals surface area contributed by atoms with Crippen molar-refractivity contribution in [1.82, 2.24) is 19.7 Å². The minimum absolute atomic E-state index is 0.115. The number of aromatic nitrogens is 3. The Morgan fingerprint density at radius 1 is 1.10 bits per heavy atom. The van der Waals surface area contributed by atoms with Crippen molar-refractivity contribution in [3.63, 3.8) is 0 Å². The number of nitrogens with zero attached hydrogens (tertiary/aromatic N) is 3. The van der Waals surface area contributed by atoms with E-state index in [9.17, 15) is 18.8 Å². The molecule has 0 fully saturated rings. The highest BCUT2D eigenvalue weighted by molar-refractivity contribution is 5.91. The average molecular weight is 410 g/mol. The van der Waals surface area contributed by atoms with Gasteiger partial charge in [0.05, 0.1) is 12.2 Å². The Morgan fingerprint density at radius 3 is 2.33 bits per heavy atom. The van der Waals surface area contributed by atoms with Gasteiger partial charge in [0, 0.05) is 6.04 Å². The third kappa shape index (κ3) is 4.53. The number of nitrogens with one attached hydrogen (secondary N) is 1. The van der Waals surface area contributed by atoms with Crippen molar-refractivity contribution in [3.8, 4) is 5.69 Å². The summed E-state index contributed by atoms with van der Waals surface area (Å²) in [5.41, 5.74) is 0.0992. The highest BCUT2D eigenvalue weighted by Crippen LogP contribution is 2.07. The van der Waals surface area contributed by atoms with Crippen LogP contribution in [0.5, 0.6) is 0 Å². The van der Waals surface area contributed by atoms with Crippen LogP contribution in [-0.2, 0) is 6.54 Å². The predicted octanol–water partition coefficient (Wildman–Crippen LogP) is 2.42. The number of aryl methyl sites for hydroxylation is 1. The maximum absolute atomic E-state index is 13.2. The van der Waals surface area contributed by atoms with Gasteiger partial charge in [0.15, 0.2) is 0 Å². The van der Waals surface area contributed by atoms with E-state index in [-0.39, 0.29) is 18.3 Å². The summed E-state index contributed by atoms with van der Waals surface area (Å²) in [4.78, 5) is 38.7. The minimum Gasteiger partial charge on any atom is -0.348 e. The first kappa shape index (κ1) is 21.2. The Labute approximate surface area is 172 Å². The van der Waals surface area contributed by atoms with Gasteiger partial charge in [-0.2, -0.15) is 9.78 Å². The number of carbonyl (C=O) groups is 1. The lowest BCUT2D eigenvalue weighted by molar-refractivity contribution is 0.0929. The van der Waals surface area contributed by atoms with Crippen LogP contribution in [0.1, 0.15) is 41.9 Å². The number of hydrogen-bond acceptors (Lipinski definition) is 4. The quantitative estimate of drug-likeness (QED) is 0.676. The summed E-state index contributed by atoms with van der Waals surface area (Å²) < 4.78 is 15.2. The fraction of sp³-hybridized carbons (Fsp3) is 0.273. The lowest BCUT2D eigenvalue weighted by Gasteiger charge is -2.14. The molecule has 1 atom stereocenters. The largest absolute Gasteiger partial charge is 0.352 e. The molecule has 1 heterocycles. The molecule has 0 aliphatic heterocycles. The molecular weight excluding hydrogens is 387 g/mol. The monoisotopic (exact) mass is 410 g/mol. The van der Waals surface area contributed by atoms with Crippen LogP contribution >= 0.6 is 0 Å². The fourth-order valence-electron chi connectivity index (χ4n) is 2.82. The second kappa shape index (κ2) is 8.86. The molecule has 0 unspecified atom stereocenters. The number of hydrogen-bond donors (Lipinski definition) is 1. The molecule has 8 heteroatoms. The summed E-state index contributed by atoms with van der Waals surface area (Å²) in [5, 5.41) is 6.79. The zero-order valence-corrected chi connectivity index (χ0v) is 17.1.